The fourth-order valence-electron chi connectivity index (χ4n) is 5.06. The quantitative estimate of drug-likeness (QED) is 0.0608. The van der Waals surface area contributed by atoms with Gasteiger partial charge in [-0.3, -0.25) is 4.79 Å². The van der Waals surface area contributed by atoms with E-state index in [2.05, 4.69) is 21.5 Å². The average molecular weight is 757 g/mol. The number of alkyl carbamates (subject to hydrolysis) is 2. The second kappa shape index (κ2) is 18.7. The first-order chi connectivity index (χ1) is 24.5. The van der Waals surface area contributed by atoms with Gasteiger partial charge < -0.3 is 46.7 Å². The van der Waals surface area contributed by atoms with E-state index in [0.29, 0.717) is 12.8 Å². The first-order valence-electron chi connectivity index (χ1n) is 16.1. The molecule has 4 rings (SSSR count). The van der Waals surface area contributed by atoms with Gasteiger partial charge in [0.25, 0.3) is 18.8 Å². The molecule has 2 aromatic rings. The number of carboxylic acid groups (broad SMARTS) is 1. The molecular formula is C34H44F4N6O9. The molecule has 0 aliphatic heterocycles. The van der Waals surface area contributed by atoms with E-state index in [4.69, 9.17) is 25.0 Å². The minimum atomic E-state index is -3.10. The van der Waals surface area contributed by atoms with Crippen molar-refractivity contribution in [1.82, 2.24) is 16.0 Å². The van der Waals surface area contributed by atoms with E-state index >= 15 is 0 Å². The van der Waals surface area contributed by atoms with Crippen LogP contribution >= 0.6 is 0 Å². The third-order valence-corrected chi connectivity index (χ3v) is 7.23. The summed E-state index contributed by atoms with van der Waals surface area (Å²) in [6.07, 6.45) is -4.15. The Morgan fingerprint density at radius 2 is 1.19 bits per heavy atom. The lowest BCUT2D eigenvalue weighted by Gasteiger charge is -2.22. The third-order valence-electron chi connectivity index (χ3n) is 7.23. The predicted octanol–water partition coefficient (Wildman–Crippen LogP) is 5.88. The van der Waals surface area contributed by atoms with Crippen LogP contribution in [-0.2, 0) is 22.3 Å². The van der Waals surface area contributed by atoms with E-state index < -0.39 is 59.8 Å². The second-order valence-electron chi connectivity index (χ2n) is 13.7. The predicted molar refractivity (Wildman–Crippen MR) is 183 cm³/mol. The molecule has 2 aliphatic carbocycles. The molecule has 53 heavy (non-hydrogen) atoms. The van der Waals surface area contributed by atoms with E-state index in [-0.39, 0.29) is 23.2 Å². The van der Waals surface area contributed by atoms with Gasteiger partial charge in [-0.1, -0.05) is 22.4 Å². The largest absolute Gasteiger partial charge is 0.478 e. The molecule has 8 N–H and O–H groups in total. The second-order valence-corrected chi connectivity index (χ2v) is 13.7. The zero-order valence-electron chi connectivity index (χ0n) is 29.9. The Labute approximate surface area is 302 Å². The van der Waals surface area contributed by atoms with Crippen LogP contribution < -0.4 is 21.7 Å². The summed E-state index contributed by atoms with van der Waals surface area (Å²) in [5.74, 6) is -3.90. The standard InChI is InChI=1S/C17H21F2N3O4.C15H19NO4.C2H4F2N2O/c1-17(2,3)26-16(24)20-12-7-5-9-8-10(4-6-11(9)12)15(23)21-14(22-25)13(18)19;1-15(2,3)20-14(19)16-12-7-5-9-8-10(13(17)18)4-6-11(9)12;3-1(4)2(5)6-7/h4,6,8,12-13,25H,5,7H2,1-3H3,(H,20,24)(H,21,22,23);4,6,8,12H,5,7H2,1-3H3,(H,16,19)(H,17,18);1,7H,(H2,5,6)/t2*12-;/m11./s1. The van der Waals surface area contributed by atoms with Crippen LogP contribution in [0.15, 0.2) is 46.7 Å². The van der Waals surface area contributed by atoms with Gasteiger partial charge in [-0.15, -0.1) is 0 Å². The highest BCUT2D eigenvalue weighted by atomic mass is 19.3. The van der Waals surface area contributed by atoms with Gasteiger partial charge in [0.1, 0.15) is 11.2 Å². The first kappa shape index (κ1) is 43.5. The molecule has 15 nitrogen and oxygen atoms in total. The maximum atomic E-state index is 12.5. The molecule has 0 radical (unpaired) electrons. The van der Waals surface area contributed by atoms with Crippen LogP contribution in [0.25, 0.3) is 0 Å². The summed E-state index contributed by atoms with van der Waals surface area (Å²) in [5.41, 5.74) is 7.29. The molecule has 0 heterocycles. The number of rotatable bonds is 6. The highest BCUT2D eigenvalue weighted by molar-refractivity contribution is 6.07. The summed E-state index contributed by atoms with van der Waals surface area (Å²) in [6.45, 7) is 10.7. The Hall–Kier alpha value is -5.62. The molecule has 0 aromatic heterocycles. The molecular weight excluding hydrogens is 712 g/mol. The van der Waals surface area contributed by atoms with Gasteiger partial charge in [0.15, 0.2) is 0 Å². The normalized spacial score (nSPS) is 16.6. The number of amides is 3. The Bertz CT molecular complexity index is 1690. The van der Waals surface area contributed by atoms with Gasteiger partial charge in [-0.05, 0) is 114 Å². The number of fused-ring (bicyclic) bond motifs is 2. The molecule has 0 spiro atoms. The zero-order valence-corrected chi connectivity index (χ0v) is 29.9. The number of nitrogens with two attached hydrogens (primary N) is 1. The molecule has 0 fully saturated rings. The van der Waals surface area contributed by atoms with E-state index in [1.807, 2.05) is 31.2 Å². The molecule has 0 saturated heterocycles. The lowest BCUT2D eigenvalue weighted by Crippen LogP contribution is -2.35. The molecule has 2 aliphatic rings. The van der Waals surface area contributed by atoms with Crippen LogP contribution in [0.1, 0.15) is 109 Å². The molecule has 2 atom stereocenters. The van der Waals surface area contributed by atoms with Crippen LogP contribution in [0.2, 0.25) is 0 Å². The minimum Gasteiger partial charge on any atom is -0.478 e. The van der Waals surface area contributed by atoms with Crippen LogP contribution in [0.4, 0.5) is 27.2 Å². The van der Waals surface area contributed by atoms with Crippen LogP contribution in [0, 0.1) is 0 Å². The number of halogens is 4. The zero-order chi connectivity index (χ0) is 40.3. The summed E-state index contributed by atoms with van der Waals surface area (Å²) in [5, 5.41) is 36.8. The van der Waals surface area contributed by atoms with Crippen molar-refractivity contribution in [3.8, 4) is 0 Å². The number of hydrogen-bond acceptors (Lipinski definition) is 10. The lowest BCUT2D eigenvalue weighted by molar-refractivity contribution is 0.0492. The molecule has 0 unspecified atom stereocenters. The smallest absolute Gasteiger partial charge is 0.408 e. The third kappa shape index (κ3) is 14.1. The number of ether oxygens (including phenoxy) is 2. The van der Waals surface area contributed by atoms with Crippen molar-refractivity contribution in [2.75, 3.05) is 0 Å². The Morgan fingerprint density at radius 1 is 0.755 bits per heavy atom. The summed E-state index contributed by atoms with van der Waals surface area (Å²) >= 11 is 0. The SMILES string of the molecule is CC(C)(C)OC(=O)N[C@@H]1CCc2cc(C(=O)N/C(=N\O)C(F)F)ccc21.CC(C)(C)OC(=O)N[C@@H]1CCc2cc(C(=O)O)ccc21.N/C(=N\O)C(F)F. The number of benzene rings is 2. The fraction of sp³-hybridized carbons (Fsp3) is 0.471. The van der Waals surface area contributed by atoms with E-state index in [1.54, 1.807) is 51.1 Å². The highest BCUT2D eigenvalue weighted by Gasteiger charge is 2.29. The fourth-order valence-corrected chi connectivity index (χ4v) is 5.06. The van der Waals surface area contributed by atoms with Crippen molar-refractivity contribution in [1.29, 1.82) is 0 Å². The number of carboxylic acids is 1. The Balaban J connectivity index is 0.000000318. The van der Waals surface area contributed by atoms with Crippen molar-refractivity contribution < 1.29 is 61.7 Å². The minimum absolute atomic E-state index is 0.109. The van der Waals surface area contributed by atoms with Crippen molar-refractivity contribution in [2.24, 2.45) is 16.0 Å². The van der Waals surface area contributed by atoms with E-state index in [0.717, 1.165) is 35.1 Å². The van der Waals surface area contributed by atoms with Gasteiger partial charge >= 0.3 is 18.2 Å². The van der Waals surface area contributed by atoms with Gasteiger partial charge in [0, 0.05) is 5.56 Å². The summed E-state index contributed by atoms with van der Waals surface area (Å²) in [4.78, 5) is 46.6. The topological polar surface area (TPSA) is 234 Å². The van der Waals surface area contributed by atoms with E-state index in [1.165, 1.54) is 6.07 Å². The summed E-state index contributed by atoms with van der Waals surface area (Å²) in [6, 6.07) is 9.36. The van der Waals surface area contributed by atoms with Crippen molar-refractivity contribution >= 4 is 35.7 Å². The highest BCUT2D eigenvalue weighted by Crippen LogP contribution is 2.33. The molecule has 19 heteroatoms. The number of aryl methyl sites for hydroxylation is 2. The Morgan fingerprint density at radius 3 is 1.53 bits per heavy atom. The van der Waals surface area contributed by atoms with Crippen LogP contribution in [0.3, 0.4) is 0 Å². The number of hydrogen-bond donors (Lipinski definition) is 7. The monoisotopic (exact) mass is 756 g/mol. The maximum Gasteiger partial charge on any atom is 0.408 e. The Kier molecular flexibility index (Phi) is 15.4. The number of alkyl halides is 4. The summed E-state index contributed by atoms with van der Waals surface area (Å²) < 4.78 is 57.5. The average Bonchev–Trinajstić information content (AvgIpc) is 3.64. The van der Waals surface area contributed by atoms with Crippen molar-refractivity contribution in [3.63, 3.8) is 0 Å². The number of aromatic carboxylic acids is 1. The molecule has 0 bridgehead atoms. The molecule has 0 saturated carbocycles. The molecule has 3 amide bonds. The number of nitrogens with one attached hydrogen (secondary N) is 3. The molecule has 292 valence electrons. The number of carbonyl (C=O) groups is 4. The van der Waals surface area contributed by atoms with Crippen molar-refractivity contribution in [3.05, 3.63) is 69.8 Å². The number of oxime groups is 2. The van der Waals surface area contributed by atoms with Gasteiger partial charge in [0.2, 0.25) is 11.7 Å². The number of amidine groups is 2. The first-order valence-corrected chi connectivity index (χ1v) is 16.1. The molecule has 2 aromatic carbocycles. The van der Waals surface area contributed by atoms with Crippen LogP contribution in [0.5, 0.6) is 0 Å². The van der Waals surface area contributed by atoms with Gasteiger partial charge in [-0.2, -0.15) is 0 Å². The summed E-state index contributed by atoms with van der Waals surface area (Å²) in [7, 11) is 0. The van der Waals surface area contributed by atoms with Gasteiger partial charge in [0.05, 0.1) is 17.6 Å². The van der Waals surface area contributed by atoms with E-state index in [9.17, 15) is 36.7 Å². The number of nitrogens with zero attached hydrogens (tertiary/aromatic N) is 2. The van der Waals surface area contributed by atoms with Crippen molar-refractivity contribution in [2.45, 2.75) is 103 Å². The maximum absolute atomic E-state index is 12.5. The lowest BCUT2D eigenvalue weighted by atomic mass is 10.0. The van der Waals surface area contributed by atoms with Gasteiger partial charge in [-0.25, -0.2) is 31.9 Å². The number of carbonyl (C=O) groups excluding carboxylic acids is 3. The van der Waals surface area contributed by atoms with Crippen LogP contribution in [-0.4, -0.2) is 75.3 Å².